The molecule has 2 heterocycles. The van der Waals surface area contributed by atoms with Crippen LogP contribution >= 0.6 is 11.3 Å². The van der Waals surface area contributed by atoms with Gasteiger partial charge in [0.25, 0.3) is 0 Å². The molecule has 1 saturated heterocycles. The molecule has 2 N–H and O–H groups in total. The average molecular weight is 269 g/mol. The fraction of sp³-hybridized carbons (Fsp3) is 0.714. The Morgan fingerprint density at radius 2 is 2.11 bits per heavy atom. The van der Waals surface area contributed by atoms with Gasteiger partial charge in [0.1, 0.15) is 5.60 Å². The molecule has 3 atom stereocenters. The number of rotatable bonds is 4. The summed E-state index contributed by atoms with van der Waals surface area (Å²) in [7, 11) is 0. The van der Waals surface area contributed by atoms with Crippen LogP contribution in [0.4, 0.5) is 0 Å². The first kappa shape index (κ1) is 14.0. The van der Waals surface area contributed by atoms with Gasteiger partial charge in [0.2, 0.25) is 0 Å². The van der Waals surface area contributed by atoms with E-state index in [1.165, 1.54) is 0 Å². The van der Waals surface area contributed by atoms with Crippen LogP contribution in [0.1, 0.15) is 38.5 Å². The third kappa shape index (κ3) is 3.54. The highest BCUT2D eigenvalue weighted by atomic mass is 32.1. The summed E-state index contributed by atoms with van der Waals surface area (Å²) in [4.78, 5) is 1.02. The summed E-state index contributed by atoms with van der Waals surface area (Å²) in [6.45, 7) is 6.69. The molecule has 0 saturated carbocycles. The predicted molar refractivity (Wildman–Crippen MR) is 74.9 cm³/mol. The van der Waals surface area contributed by atoms with E-state index in [0.29, 0.717) is 24.8 Å². The summed E-state index contributed by atoms with van der Waals surface area (Å²) in [5, 5.41) is 15.9. The molecule has 18 heavy (non-hydrogen) atoms. The Morgan fingerprint density at radius 3 is 2.67 bits per heavy atom. The molecular formula is C14H23NO2S. The molecule has 0 bridgehead atoms. The Hall–Kier alpha value is -0.420. The van der Waals surface area contributed by atoms with Gasteiger partial charge in [0.05, 0.1) is 12.2 Å². The first-order valence-electron chi connectivity index (χ1n) is 6.62. The lowest BCUT2D eigenvalue weighted by Gasteiger charge is -2.34. The molecule has 0 radical (unpaired) electrons. The van der Waals surface area contributed by atoms with Crippen molar-refractivity contribution in [2.45, 2.75) is 57.5 Å². The fourth-order valence-corrected chi connectivity index (χ4v) is 3.37. The Morgan fingerprint density at radius 1 is 1.44 bits per heavy atom. The Bertz CT molecular complexity index is 354. The Balaban J connectivity index is 1.87. The average Bonchev–Trinajstić information content (AvgIpc) is 2.79. The van der Waals surface area contributed by atoms with E-state index in [4.69, 9.17) is 4.74 Å². The number of ether oxygens (including phenoxy) is 1. The minimum atomic E-state index is -0.779. The monoisotopic (exact) mass is 269 g/mol. The molecule has 1 aromatic heterocycles. The highest BCUT2D eigenvalue weighted by molar-refractivity contribution is 7.10. The van der Waals surface area contributed by atoms with Crippen LogP contribution in [-0.2, 0) is 10.3 Å². The molecule has 1 aliphatic heterocycles. The lowest BCUT2D eigenvalue weighted by atomic mass is 9.98. The van der Waals surface area contributed by atoms with Crippen molar-refractivity contribution in [1.82, 2.24) is 5.32 Å². The first-order valence-corrected chi connectivity index (χ1v) is 7.50. The van der Waals surface area contributed by atoms with Crippen molar-refractivity contribution in [2.24, 2.45) is 0 Å². The molecule has 1 aliphatic rings. The molecule has 102 valence electrons. The second kappa shape index (κ2) is 5.70. The normalized spacial score (nSPS) is 32.1. The number of aliphatic hydroxyl groups is 1. The van der Waals surface area contributed by atoms with Crippen LogP contribution < -0.4 is 5.32 Å². The van der Waals surface area contributed by atoms with E-state index in [1.54, 1.807) is 11.3 Å². The highest BCUT2D eigenvalue weighted by Crippen LogP contribution is 2.26. The van der Waals surface area contributed by atoms with Crippen molar-refractivity contribution in [3.8, 4) is 0 Å². The Kier molecular flexibility index (Phi) is 4.43. The van der Waals surface area contributed by atoms with E-state index in [-0.39, 0.29) is 0 Å². The van der Waals surface area contributed by atoms with Crippen molar-refractivity contribution in [3.63, 3.8) is 0 Å². The van der Waals surface area contributed by atoms with Crippen molar-refractivity contribution in [3.05, 3.63) is 22.4 Å². The van der Waals surface area contributed by atoms with Gasteiger partial charge in [0.15, 0.2) is 0 Å². The van der Waals surface area contributed by atoms with Crippen LogP contribution in [0.2, 0.25) is 0 Å². The third-order valence-electron chi connectivity index (χ3n) is 3.48. The second-order valence-corrected chi connectivity index (χ2v) is 6.51. The molecule has 0 amide bonds. The van der Waals surface area contributed by atoms with E-state index in [2.05, 4.69) is 19.2 Å². The molecule has 3 unspecified atom stereocenters. The lowest BCUT2D eigenvalue weighted by Crippen LogP contribution is -2.46. The van der Waals surface area contributed by atoms with Gasteiger partial charge in [-0.15, -0.1) is 11.3 Å². The molecule has 1 aromatic rings. The minimum Gasteiger partial charge on any atom is -0.383 e. The van der Waals surface area contributed by atoms with Gasteiger partial charge in [-0.3, -0.25) is 0 Å². The molecule has 0 aromatic carbocycles. The molecule has 3 nitrogen and oxygen atoms in total. The molecule has 1 fully saturated rings. The number of nitrogens with one attached hydrogen (secondary N) is 1. The van der Waals surface area contributed by atoms with E-state index in [1.807, 2.05) is 24.4 Å². The van der Waals surface area contributed by atoms with Gasteiger partial charge in [-0.05, 0) is 45.1 Å². The summed E-state index contributed by atoms with van der Waals surface area (Å²) in [6, 6.07) is 4.41. The summed E-state index contributed by atoms with van der Waals surface area (Å²) in [5.74, 6) is 0. The van der Waals surface area contributed by atoms with Crippen LogP contribution in [0.3, 0.4) is 0 Å². The number of thiophene rings is 1. The zero-order valence-corrected chi connectivity index (χ0v) is 12.2. The maximum Gasteiger partial charge on any atom is 0.108 e. The summed E-state index contributed by atoms with van der Waals surface area (Å²) in [5.41, 5.74) is -0.779. The smallest absolute Gasteiger partial charge is 0.108 e. The van der Waals surface area contributed by atoms with E-state index < -0.39 is 5.60 Å². The zero-order chi connectivity index (χ0) is 13.2. The summed E-state index contributed by atoms with van der Waals surface area (Å²) >= 11 is 1.60. The SMILES string of the molecule is CC1CC(NCC(C)(O)c2cccs2)CC(C)O1. The molecule has 2 rings (SSSR count). The molecular weight excluding hydrogens is 246 g/mol. The molecule has 0 aliphatic carbocycles. The van der Waals surface area contributed by atoms with Crippen molar-refractivity contribution in [1.29, 1.82) is 0 Å². The predicted octanol–water partition coefficient (Wildman–Crippen LogP) is 2.50. The Labute approximate surface area is 113 Å². The van der Waals surface area contributed by atoms with Crippen molar-refractivity contribution < 1.29 is 9.84 Å². The maximum absolute atomic E-state index is 10.5. The van der Waals surface area contributed by atoms with Gasteiger partial charge >= 0.3 is 0 Å². The number of hydrogen-bond acceptors (Lipinski definition) is 4. The van der Waals surface area contributed by atoms with Crippen LogP contribution in [0.25, 0.3) is 0 Å². The molecule has 0 spiro atoms. The lowest BCUT2D eigenvalue weighted by molar-refractivity contribution is -0.0461. The molecule has 4 heteroatoms. The van der Waals surface area contributed by atoms with Crippen LogP contribution in [0.5, 0.6) is 0 Å². The second-order valence-electron chi connectivity index (χ2n) is 5.56. The summed E-state index contributed by atoms with van der Waals surface area (Å²) < 4.78 is 5.72. The number of hydrogen-bond donors (Lipinski definition) is 2. The topological polar surface area (TPSA) is 41.5 Å². The van der Waals surface area contributed by atoms with Crippen LogP contribution in [-0.4, -0.2) is 29.9 Å². The van der Waals surface area contributed by atoms with Gasteiger partial charge in [-0.25, -0.2) is 0 Å². The van der Waals surface area contributed by atoms with Gasteiger partial charge < -0.3 is 15.2 Å². The highest BCUT2D eigenvalue weighted by Gasteiger charge is 2.28. The first-order chi connectivity index (χ1) is 8.47. The maximum atomic E-state index is 10.5. The van der Waals surface area contributed by atoms with Crippen molar-refractivity contribution >= 4 is 11.3 Å². The summed E-state index contributed by atoms with van der Waals surface area (Å²) in [6.07, 6.45) is 2.64. The fourth-order valence-electron chi connectivity index (χ4n) is 2.59. The van der Waals surface area contributed by atoms with Gasteiger partial charge in [-0.2, -0.15) is 0 Å². The third-order valence-corrected chi connectivity index (χ3v) is 4.61. The zero-order valence-electron chi connectivity index (χ0n) is 11.3. The largest absolute Gasteiger partial charge is 0.383 e. The minimum absolute atomic E-state index is 0.304. The van der Waals surface area contributed by atoms with Gasteiger partial charge in [-0.1, -0.05) is 6.07 Å². The van der Waals surface area contributed by atoms with E-state index >= 15 is 0 Å². The van der Waals surface area contributed by atoms with E-state index in [0.717, 1.165) is 17.7 Å². The van der Waals surface area contributed by atoms with Crippen LogP contribution in [0, 0.1) is 0 Å². The quantitative estimate of drug-likeness (QED) is 0.882. The van der Waals surface area contributed by atoms with Crippen molar-refractivity contribution in [2.75, 3.05) is 6.54 Å². The van der Waals surface area contributed by atoms with Gasteiger partial charge in [0, 0.05) is 17.5 Å². The standard InChI is InChI=1S/C14H23NO2S/c1-10-7-12(8-11(2)17-10)15-9-14(3,16)13-5-4-6-18-13/h4-6,10-12,15-16H,7-9H2,1-3H3. The van der Waals surface area contributed by atoms with Crippen LogP contribution in [0.15, 0.2) is 17.5 Å². The van der Waals surface area contributed by atoms with E-state index in [9.17, 15) is 5.11 Å².